The molecule has 0 amide bonds. The van der Waals surface area contributed by atoms with E-state index in [9.17, 15) is 4.39 Å². The van der Waals surface area contributed by atoms with Gasteiger partial charge in [-0.1, -0.05) is 13.3 Å². The second-order valence-electron chi connectivity index (χ2n) is 2.87. The molecule has 0 spiro atoms. The Morgan fingerprint density at radius 2 is 2.15 bits per heavy atom. The zero-order chi connectivity index (χ0) is 9.84. The highest BCUT2D eigenvalue weighted by Gasteiger charge is 2.08. The van der Waals surface area contributed by atoms with Gasteiger partial charge in [0.2, 0.25) is 0 Å². The zero-order valence-electron chi connectivity index (χ0n) is 7.80. The largest absolute Gasteiger partial charge is 0.505 e. The van der Waals surface area contributed by atoms with E-state index in [1.807, 2.05) is 6.92 Å². The summed E-state index contributed by atoms with van der Waals surface area (Å²) in [6, 6.07) is 2.62. The maximum absolute atomic E-state index is 12.9. The highest BCUT2D eigenvalue weighted by Crippen LogP contribution is 2.27. The van der Waals surface area contributed by atoms with Crippen LogP contribution in [0.25, 0.3) is 0 Å². The number of phenols is 1. The van der Waals surface area contributed by atoms with Crippen molar-refractivity contribution in [2.45, 2.75) is 19.8 Å². The van der Waals surface area contributed by atoms with Gasteiger partial charge < -0.3 is 9.84 Å². The van der Waals surface area contributed by atoms with Crippen LogP contribution >= 0.6 is 0 Å². The van der Waals surface area contributed by atoms with E-state index in [0.717, 1.165) is 18.4 Å². The summed E-state index contributed by atoms with van der Waals surface area (Å²) in [6.07, 6.45) is 1.71. The van der Waals surface area contributed by atoms with Gasteiger partial charge in [-0.05, 0) is 18.1 Å². The lowest BCUT2D eigenvalue weighted by Crippen LogP contribution is -1.93. The number of hydrogen-bond acceptors (Lipinski definition) is 2. The maximum Gasteiger partial charge on any atom is 0.168 e. The summed E-state index contributed by atoms with van der Waals surface area (Å²) < 4.78 is 17.8. The second-order valence-corrected chi connectivity index (χ2v) is 2.87. The molecule has 72 valence electrons. The molecule has 0 fully saturated rings. The predicted molar refractivity (Wildman–Crippen MR) is 48.6 cm³/mol. The Labute approximate surface area is 77.0 Å². The third-order valence-corrected chi connectivity index (χ3v) is 1.87. The van der Waals surface area contributed by atoms with Gasteiger partial charge in [0.15, 0.2) is 11.6 Å². The molecular formula is C10H13FO2. The molecule has 1 rings (SSSR count). The Bertz CT molecular complexity index is 297. The highest BCUT2D eigenvalue weighted by molar-refractivity contribution is 5.40. The summed E-state index contributed by atoms with van der Waals surface area (Å²) in [6.45, 7) is 2.01. The minimum Gasteiger partial charge on any atom is -0.505 e. The number of rotatable bonds is 3. The number of benzene rings is 1. The number of aromatic hydroxyl groups is 1. The molecular weight excluding hydrogens is 171 g/mol. The molecule has 0 atom stereocenters. The molecule has 0 radical (unpaired) electrons. The average Bonchev–Trinajstić information content (AvgIpc) is 2.11. The summed E-state index contributed by atoms with van der Waals surface area (Å²) >= 11 is 0. The summed E-state index contributed by atoms with van der Waals surface area (Å²) in [5, 5.41) is 9.12. The fourth-order valence-electron chi connectivity index (χ4n) is 1.24. The van der Waals surface area contributed by atoms with Crippen molar-refractivity contribution in [3.05, 3.63) is 23.5 Å². The molecule has 0 unspecified atom stereocenters. The number of methoxy groups -OCH3 is 1. The van der Waals surface area contributed by atoms with Gasteiger partial charge in [-0.3, -0.25) is 0 Å². The average molecular weight is 184 g/mol. The van der Waals surface area contributed by atoms with Crippen LogP contribution in [0.2, 0.25) is 0 Å². The van der Waals surface area contributed by atoms with Crippen molar-refractivity contribution in [1.29, 1.82) is 0 Å². The third kappa shape index (κ3) is 2.11. The maximum atomic E-state index is 12.9. The number of hydrogen-bond donors (Lipinski definition) is 1. The third-order valence-electron chi connectivity index (χ3n) is 1.87. The van der Waals surface area contributed by atoms with E-state index < -0.39 is 5.82 Å². The van der Waals surface area contributed by atoms with E-state index in [-0.39, 0.29) is 5.75 Å². The van der Waals surface area contributed by atoms with Crippen LogP contribution in [0.15, 0.2) is 12.1 Å². The first kappa shape index (κ1) is 9.84. The van der Waals surface area contributed by atoms with Crippen molar-refractivity contribution in [3.63, 3.8) is 0 Å². The Hall–Kier alpha value is -1.25. The molecule has 1 aromatic rings. The minimum absolute atomic E-state index is 0.316. The van der Waals surface area contributed by atoms with Gasteiger partial charge in [0.25, 0.3) is 0 Å². The molecule has 2 nitrogen and oxygen atoms in total. The molecule has 0 aliphatic heterocycles. The lowest BCUT2D eigenvalue weighted by molar-refractivity contribution is 0.394. The van der Waals surface area contributed by atoms with Gasteiger partial charge in [-0.15, -0.1) is 0 Å². The number of halogens is 1. The summed E-state index contributed by atoms with van der Waals surface area (Å²) in [4.78, 5) is 0. The lowest BCUT2D eigenvalue weighted by atomic mass is 10.1. The normalized spacial score (nSPS) is 10.1. The molecule has 1 aromatic carbocycles. The van der Waals surface area contributed by atoms with Crippen LogP contribution in [-0.2, 0) is 6.42 Å². The minimum atomic E-state index is -0.642. The highest BCUT2D eigenvalue weighted by atomic mass is 19.1. The van der Waals surface area contributed by atoms with Crippen molar-refractivity contribution in [3.8, 4) is 11.5 Å². The van der Waals surface area contributed by atoms with Gasteiger partial charge in [0.05, 0.1) is 7.11 Å². The van der Waals surface area contributed by atoms with Crippen LogP contribution in [-0.4, -0.2) is 12.2 Å². The Morgan fingerprint density at radius 3 is 2.69 bits per heavy atom. The first-order chi connectivity index (χ1) is 6.19. The van der Waals surface area contributed by atoms with Crippen molar-refractivity contribution < 1.29 is 14.2 Å². The van der Waals surface area contributed by atoms with E-state index in [2.05, 4.69) is 0 Å². The van der Waals surface area contributed by atoms with Crippen LogP contribution in [0.4, 0.5) is 4.39 Å². The van der Waals surface area contributed by atoms with Gasteiger partial charge in [0.1, 0.15) is 5.75 Å². The first-order valence-electron chi connectivity index (χ1n) is 4.24. The summed E-state index contributed by atoms with van der Waals surface area (Å²) in [7, 11) is 1.49. The van der Waals surface area contributed by atoms with Crippen LogP contribution in [0.1, 0.15) is 18.9 Å². The molecule has 0 aromatic heterocycles. The van der Waals surface area contributed by atoms with Gasteiger partial charge in [-0.25, -0.2) is 4.39 Å². The zero-order valence-corrected chi connectivity index (χ0v) is 7.80. The van der Waals surface area contributed by atoms with E-state index in [4.69, 9.17) is 9.84 Å². The van der Waals surface area contributed by atoms with Crippen LogP contribution in [0.3, 0.4) is 0 Å². The standard InChI is InChI=1S/C10H13FO2/c1-3-4-7-5-9(12)8(11)6-10(7)13-2/h5-6,12H,3-4H2,1-2H3. The van der Waals surface area contributed by atoms with E-state index >= 15 is 0 Å². The van der Waals surface area contributed by atoms with E-state index in [0.29, 0.717) is 5.75 Å². The molecule has 0 aliphatic carbocycles. The quantitative estimate of drug-likeness (QED) is 0.782. The topological polar surface area (TPSA) is 29.5 Å². The molecule has 0 saturated carbocycles. The Kier molecular flexibility index (Phi) is 3.12. The van der Waals surface area contributed by atoms with Crippen LogP contribution in [0.5, 0.6) is 11.5 Å². The molecule has 0 saturated heterocycles. The fraction of sp³-hybridized carbons (Fsp3) is 0.400. The van der Waals surface area contributed by atoms with Gasteiger partial charge in [-0.2, -0.15) is 0 Å². The van der Waals surface area contributed by atoms with Gasteiger partial charge in [0, 0.05) is 6.07 Å². The monoisotopic (exact) mass is 184 g/mol. The molecule has 3 heteroatoms. The predicted octanol–water partition coefficient (Wildman–Crippen LogP) is 2.49. The summed E-state index contributed by atoms with van der Waals surface area (Å²) in [5.41, 5.74) is 0.837. The molecule has 0 aliphatic rings. The second kappa shape index (κ2) is 4.12. The Balaban J connectivity index is 3.09. The molecule has 0 bridgehead atoms. The Morgan fingerprint density at radius 1 is 1.46 bits per heavy atom. The van der Waals surface area contributed by atoms with Crippen molar-refractivity contribution in [2.24, 2.45) is 0 Å². The summed E-state index contributed by atoms with van der Waals surface area (Å²) in [5.74, 6) is -0.460. The lowest BCUT2D eigenvalue weighted by Gasteiger charge is -2.08. The van der Waals surface area contributed by atoms with Gasteiger partial charge >= 0.3 is 0 Å². The smallest absolute Gasteiger partial charge is 0.168 e. The van der Waals surface area contributed by atoms with E-state index in [1.165, 1.54) is 19.2 Å². The SMILES string of the molecule is CCCc1cc(O)c(F)cc1OC. The van der Waals surface area contributed by atoms with Crippen molar-refractivity contribution in [2.75, 3.05) is 7.11 Å². The van der Waals surface area contributed by atoms with E-state index in [1.54, 1.807) is 0 Å². The van der Waals surface area contributed by atoms with Crippen LogP contribution in [0, 0.1) is 5.82 Å². The molecule has 13 heavy (non-hydrogen) atoms. The number of aryl methyl sites for hydroxylation is 1. The fourth-order valence-corrected chi connectivity index (χ4v) is 1.24. The van der Waals surface area contributed by atoms with Crippen molar-refractivity contribution >= 4 is 0 Å². The number of ether oxygens (including phenoxy) is 1. The first-order valence-corrected chi connectivity index (χ1v) is 4.24. The molecule has 1 N–H and O–H groups in total. The number of phenolic OH excluding ortho intramolecular Hbond substituents is 1. The van der Waals surface area contributed by atoms with Crippen LogP contribution < -0.4 is 4.74 Å². The van der Waals surface area contributed by atoms with Crippen molar-refractivity contribution in [1.82, 2.24) is 0 Å². The molecule has 0 heterocycles.